The number of halogens is 1. The maximum atomic E-state index is 12.9. The number of aryl methyl sites for hydroxylation is 2. The van der Waals surface area contributed by atoms with Crippen molar-refractivity contribution >= 4 is 34.0 Å². The van der Waals surface area contributed by atoms with E-state index < -0.39 is 10.0 Å². The van der Waals surface area contributed by atoms with Gasteiger partial charge in [0.2, 0.25) is 0 Å². The molecule has 0 aromatic heterocycles. The number of likely N-dealkylation sites (tertiary alicyclic amines) is 1. The molecule has 8 heteroatoms. The average molecular weight is 424 g/mol. The Labute approximate surface area is 172 Å². The minimum absolute atomic E-state index is 0. The first-order chi connectivity index (χ1) is 12.8. The van der Waals surface area contributed by atoms with Crippen molar-refractivity contribution in [3.8, 4) is 0 Å². The van der Waals surface area contributed by atoms with E-state index in [1.54, 1.807) is 42.2 Å². The number of sulfonamides is 1. The summed E-state index contributed by atoms with van der Waals surface area (Å²) in [5.74, 6) is -0.183. The molecule has 28 heavy (non-hydrogen) atoms. The number of carbonyl (C=O) groups excluding carboxylic acids is 1. The number of rotatable bonds is 4. The normalized spacial score (nSPS) is 17.0. The first-order valence-electron chi connectivity index (χ1n) is 9.01. The number of hydrogen-bond donors (Lipinski definition) is 2. The van der Waals surface area contributed by atoms with Crippen molar-refractivity contribution in [2.24, 2.45) is 5.73 Å². The fourth-order valence-corrected chi connectivity index (χ4v) is 4.64. The van der Waals surface area contributed by atoms with Gasteiger partial charge in [-0.05, 0) is 62.1 Å². The number of nitrogens with two attached hydrogens (primary N) is 1. The van der Waals surface area contributed by atoms with Gasteiger partial charge in [-0.25, -0.2) is 8.42 Å². The molecule has 3 N–H and O–H groups in total. The van der Waals surface area contributed by atoms with E-state index in [0.717, 1.165) is 18.4 Å². The lowest BCUT2D eigenvalue weighted by molar-refractivity contribution is 0.0708. The summed E-state index contributed by atoms with van der Waals surface area (Å²) in [6, 6.07) is 11.9. The molecule has 1 unspecified atom stereocenters. The van der Waals surface area contributed by atoms with Crippen molar-refractivity contribution in [3.05, 3.63) is 59.2 Å². The number of nitrogens with one attached hydrogen (secondary N) is 1. The van der Waals surface area contributed by atoms with Gasteiger partial charge in [-0.3, -0.25) is 9.52 Å². The zero-order chi connectivity index (χ0) is 19.6. The summed E-state index contributed by atoms with van der Waals surface area (Å²) in [5, 5.41) is 0. The van der Waals surface area contributed by atoms with Gasteiger partial charge in [0.05, 0.1) is 4.90 Å². The highest BCUT2D eigenvalue weighted by molar-refractivity contribution is 7.92. The number of hydrogen-bond acceptors (Lipinski definition) is 4. The van der Waals surface area contributed by atoms with Gasteiger partial charge in [0, 0.05) is 30.4 Å². The minimum atomic E-state index is -3.80. The van der Waals surface area contributed by atoms with Crippen LogP contribution < -0.4 is 10.5 Å². The Morgan fingerprint density at radius 1 is 1.18 bits per heavy atom. The third kappa shape index (κ3) is 5.04. The van der Waals surface area contributed by atoms with Crippen molar-refractivity contribution in [1.82, 2.24) is 4.90 Å². The molecule has 1 saturated heterocycles. The maximum absolute atomic E-state index is 12.9. The third-order valence-corrected chi connectivity index (χ3v) is 6.26. The molecule has 0 spiro atoms. The van der Waals surface area contributed by atoms with Crippen LogP contribution >= 0.6 is 12.4 Å². The van der Waals surface area contributed by atoms with Gasteiger partial charge in [-0.1, -0.05) is 18.2 Å². The van der Waals surface area contributed by atoms with Crippen molar-refractivity contribution < 1.29 is 13.2 Å². The van der Waals surface area contributed by atoms with Gasteiger partial charge >= 0.3 is 0 Å². The zero-order valence-electron chi connectivity index (χ0n) is 16.0. The van der Waals surface area contributed by atoms with Crippen LogP contribution in [0.25, 0.3) is 0 Å². The van der Waals surface area contributed by atoms with Gasteiger partial charge in [-0.15, -0.1) is 12.4 Å². The van der Waals surface area contributed by atoms with E-state index in [1.807, 2.05) is 13.0 Å². The number of carbonyl (C=O) groups is 1. The Morgan fingerprint density at radius 2 is 1.93 bits per heavy atom. The summed E-state index contributed by atoms with van der Waals surface area (Å²) < 4.78 is 28.4. The topological polar surface area (TPSA) is 92.5 Å². The lowest BCUT2D eigenvalue weighted by Gasteiger charge is -2.31. The van der Waals surface area contributed by atoms with Gasteiger partial charge < -0.3 is 10.6 Å². The van der Waals surface area contributed by atoms with Crippen LogP contribution in [-0.2, 0) is 10.0 Å². The molecule has 0 saturated carbocycles. The first kappa shape index (κ1) is 22.2. The fourth-order valence-electron chi connectivity index (χ4n) is 3.32. The summed E-state index contributed by atoms with van der Waals surface area (Å²) in [6.45, 7) is 4.75. The predicted octanol–water partition coefficient (Wildman–Crippen LogP) is 3.09. The molecule has 2 aromatic carbocycles. The largest absolute Gasteiger partial charge is 0.337 e. The second kappa shape index (κ2) is 8.94. The van der Waals surface area contributed by atoms with E-state index in [4.69, 9.17) is 5.73 Å². The number of anilines is 1. The highest BCUT2D eigenvalue weighted by atomic mass is 35.5. The van der Waals surface area contributed by atoms with Crippen LogP contribution in [0.1, 0.15) is 34.3 Å². The Bertz CT molecular complexity index is 963. The van der Waals surface area contributed by atoms with E-state index in [1.165, 1.54) is 6.07 Å². The number of benzene rings is 2. The molecule has 6 nitrogen and oxygen atoms in total. The highest BCUT2D eigenvalue weighted by Gasteiger charge is 2.25. The lowest BCUT2D eigenvalue weighted by atomic mass is 10.0. The monoisotopic (exact) mass is 423 g/mol. The molecule has 3 rings (SSSR count). The molecule has 1 fully saturated rings. The van der Waals surface area contributed by atoms with E-state index in [9.17, 15) is 13.2 Å². The fraction of sp³-hybridized carbons (Fsp3) is 0.350. The van der Waals surface area contributed by atoms with Crippen molar-refractivity contribution in [2.45, 2.75) is 37.6 Å². The maximum Gasteiger partial charge on any atom is 0.262 e. The Morgan fingerprint density at radius 3 is 2.61 bits per heavy atom. The Hall–Kier alpha value is -2.09. The minimum Gasteiger partial charge on any atom is -0.337 e. The van der Waals surface area contributed by atoms with Gasteiger partial charge in [0.25, 0.3) is 15.9 Å². The summed E-state index contributed by atoms with van der Waals surface area (Å²) in [6.07, 6.45) is 1.76. The molecule has 0 bridgehead atoms. The number of nitrogens with zero attached hydrogens (tertiary/aromatic N) is 1. The molecule has 1 amide bonds. The Kier molecular flexibility index (Phi) is 7.09. The molecule has 2 aromatic rings. The second-order valence-corrected chi connectivity index (χ2v) is 8.76. The third-order valence-electron chi connectivity index (χ3n) is 4.74. The quantitative estimate of drug-likeness (QED) is 0.790. The van der Waals surface area contributed by atoms with Gasteiger partial charge in [0.1, 0.15) is 0 Å². The van der Waals surface area contributed by atoms with Gasteiger partial charge in [-0.2, -0.15) is 0 Å². The van der Waals surface area contributed by atoms with Crippen molar-refractivity contribution in [3.63, 3.8) is 0 Å². The zero-order valence-corrected chi connectivity index (χ0v) is 17.6. The van der Waals surface area contributed by atoms with Crippen molar-refractivity contribution in [1.29, 1.82) is 0 Å². The van der Waals surface area contributed by atoms with Crippen LogP contribution in [0.2, 0.25) is 0 Å². The van der Waals surface area contributed by atoms with Crippen LogP contribution in [0, 0.1) is 13.8 Å². The molecular weight excluding hydrogens is 398 g/mol. The summed E-state index contributed by atoms with van der Waals surface area (Å²) in [5.41, 5.74) is 8.36. The second-order valence-electron chi connectivity index (χ2n) is 7.11. The van der Waals surface area contributed by atoms with Crippen LogP contribution in [0.5, 0.6) is 0 Å². The van der Waals surface area contributed by atoms with Gasteiger partial charge in [0.15, 0.2) is 0 Å². The van der Waals surface area contributed by atoms with Crippen LogP contribution in [0.4, 0.5) is 5.69 Å². The molecule has 0 aliphatic carbocycles. The molecule has 152 valence electrons. The molecule has 1 atom stereocenters. The number of piperidine rings is 1. The van der Waals surface area contributed by atoms with Crippen LogP contribution in [0.3, 0.4) is 0 Å². The SMILES string of the molecule is Cc1cccc(NS(=O)(=O)c2cc(C(=O)N3CCCC(N)C3)ccc2C)c1.Cl. The summed E-state index contributed by atoms with van der Waals surface area (Å²) in [4.78, 5) is 14.6. The number of amides is 1. The molecular formula is C20H26ClN3O3S. The van der Waals surface area contributed by atoms with Crippen molar-refractivity contribution in [2.75, 3.05) is 17.8 Å². The lowest BCUT2D eigenvalue weighted by Crippen LogP contribution is -2.45. The van der Waals surface area contributed by atoms with Crippen LogP contribution in [0.15, 0.2) is 47.4 Å². The smallest absolute Gasteiger partial charge is 0.262 e. The molecule has 0 radical (unpaired) electrons. The van der Waals surface area contributed by atoms with E-state index in [2.05, 4.69) is 4.72 Å². The van der Waals surface area contributed by atoms with Crippen LogP contribution in [-0.4, -0.2) is 38.4 Å². The Balaban J connectivity index is 0.00000280. The molecule has 1 aliphatic rings. The average Bonchev–Trinajstić information content (AvgIpc) is 2.61. The highest BCUT2D eigenvalue weighted by Crippen LogP contribution is 2.23. The van der Waals surface area contributed by atoms with E-state index in [0.29, 0.717) is 29.9 Å². The molecule has 1 aliphatic heterocycles. The summed E-state index contributed by atoms with van der Waals surface area (Å²) in [7, 11) is -3.80. The predicted molar refractivity (Wildman–Crippen MR) is 114 cm³/mol. The van der Waals surface area contributed by atoms with E-state index in [-0.39, 0.29) is 29.3 Å². The standard InChI is InChI=1S/C20H25N3O3S.ClH/c1-14-5-3-7-18(11-14)22-27(25,26)19-12-16(9-8-15(19)2)20(24)23-10-4-6-17(21)13-23;/h3,5,7-9,11-12,17,22H,4,6,10,13,21H2,1-2H3;1H. The summed E-state index contributed by atoms with van der Waals surface area (Å²) >= 11 is 0. The molecule has 1 heterocycles. The van der Waals surface area contributed by atoms with E-state index >= 15 is 0 Å². The first-order valence-corrected chi connectivity index (χ1v) is 10.5.